The number of aromatic nitrogens is 1. The van der Waals surface area contributed by atoms with Crippen LogP contribution < -0.4 is 16.0 Å². The van der Waals surface area contributed by atoms with Gasteiger partial charge in [-0.2, -0.15) is 0 Å². The van der Waals surface area contributed by atoms with Crippen LogP contribution in [0.15, 0.2) is 29.8 Å². The topological polar surface area (TPSA) is 127 Å². The number of carbonyl (C=O) groups is 3. The molecule has 1 aromatic carbocycles. The molecule has 0 spiro atoms. The molecule has 3 aliphatic heterocycles. The van der Waals surface area contributed by atoms with E-state index in [9.17, 15) is 19.5 Å². The minimum atomic E-state index is -1.27. The molecule has 0 saturated carbocycles. The molecule has 252 valence electrons. The van der Waals surface area contributed by atoms with E-state index in [2.05, 4.69) is 20.9 Å². The molecule has 3 amide bonds. The fourth-order valence-electron chi connectivity index (χ4n) is 7.02. The third-order valence-corrected chi connectivity index (χ3v) is 10.5. The lowest BCUT2D eigenvalue weighted by molar-refractivity contribution is -0.145. The Kier molecular flexibility index (Phi) is 10.5. The Balaban J connectivity index is 1.17. The summed E-state index contributed by atoms with van der Waals surface area (Å²) in [5.41, 5.74) is 2.82. The van der Waals surface area contributed by atoms with Crippen molar-refractivity contribution in [2.75, 3.05) is 39.3 Å². The number of aliphatic hydroxyl groups excluding tert-OH is 1. The molecule has 0 aliphatic carbocycles. The Morgan fingerprint density at radius 1 is 1.15 bits per heavy atom. The molecule has 3 saturated heterocycles. The highest BCUT2D eigenvalue weighted by molar-refractivity contribution is 7.13. The van der Waals surface area contributed by atoms with Crippen LogP contribution >= 0.6 is 11.3 Å². The summed E-state index contributed by atoms with van der Waals surface area (Å²) in [6.07, 6.45) is 1.73. The number of carbonyl (C=O) groups excluding carboxylic acids is 3. The first-order valence-electron chi connectivity index (χ1n) is 16.4. The zero-order chi connectivity index (χ0) is 33.2. The van der Waals surface area contributed by atoms with Gasteiger partial charge in [-0.05, 0) is 68.7 Å². The minimum absolute atomic E-state index is 0.00314. The van der Waals surface area contributed by atoms with Crippen molar-refractivity contribution in [3.8, 4) is 10.4 Å². The minimum Gasteiger partial charge on any atom is -0.391 e. The maximum absolute atomic E-state index is 15.3. The fraction of sp³-hybridized carbons (Fsp3) is 0.647. The average molecular weight is 657 g/mol. The van der Waals surface area contributed by atoms with Gasteiger partial charge >= 0.3 is 0 Å². The Morgan fingerprint density at radius 2 is 1.83 bits per heavy atom. The van der Waals surface area contributed by atoms with Crippen LogP contribution in [0.2, 0.25) is 0 Å². The molecule has 10 nitrogen and oxygen atoms in total. The Morgan fingerprint density at radius 3 is 2.43 bits per heavy atom. The van der Waals surface area contributed by atoms with E-state index >= 15 is 4.39 Å². The summed E-state index contributed by atoms with van der Waals surface area (Å²) in [4.78, 5) is 49.2. The van der Waals surface area contributed by atoms with Crippen LogP contribution in [0.25, 0.3) is 10.4 Å². The van der Waals surface area contributed by atoms with E-state index in [0.717, 1.165) is 47.6 Å². The molecule has 5 rings (SSSR count). The maximum Gasteiger partial charge on any atom is 0.246 e. The van der Waals surface area contributed by atoms with Crippen molar-refractivity contribution in [2.24, 2.45) is 11.3 Å². The molecule has 0 unspecified atom stereocenters. The number of aliphatic hydroxyl groups is 1. The van der Waals surface area contributed by atoms with Crippen LogP contribution in [-0.4, -0.2) is 101 Å². The first-order chi connectivity index (χ1) is 21.7. The largest absolute Gasteiger partial charge is 0.391 e. The van der Waals surface area contributed by atoms with E-state index in [1.807, 2.05) is 64.4 Å². The summed E-state index contributed by atoms with van der Waals surface area (Å²) in [7, 11) is 0. The van der Waals surface area contributed by atoms with Crippen molar-refractivity contribution in [3.05, 3.63) is 41.0 Å². The Bertz CT molecular complexity index is 1380. The number of benzene rings is 1. The van der Waals surface area contributed by atoms with Gasteiger partial charge in [-0.15, -0.1) is 11.3 Å². The highest BCUT2D eigenvalue weighted by Crippen LogP contribution is 2.35. The van der Waals surface area contributed by atoms with Gasteiger partial charge in [0.2, 0.25) is 17.7 Å². The monoisotopic (exact) mass is 656 g/mol. The summed E-state index contributed by atoms with van der Waals surface area (Å²) in [5, 5.41) is 19.8. The molecular weight excluding hydrogens is 607 g/mol. The number of nitrogens with zero attached hydrogens (tertiary/aromatic N) is 3. The summed E-state index contributed by atoms with van der Waals surface area (Å²) in [6, 6.07) is 5.82. The number of halogens is 1. The van der Waals surface area contributed by atoms with E-state index in [0.29, 0.717) is 12.3 Å². The van der Waals surface area contributed by atoms with Crippen molar-refractivity contribution in [3.63, 3.8) is 0 Å². The van der Waals surface area contributed by atoms with Gasteiger partial charge in [-0.1, -0.05) is 45.0 Å². The van der Waals surface area contributed by atoms with E-state index in [1.54, 1.807) is 16.2 Å². The summed E-state index contributed by atoms with van der Waals surface area (Å²) in [5.74, 6) is -0.757. The molecule has 3 fully saturated rings. The smallest absolute Gasteiger partial charge is 0.246 e. The van der Waals surface area contributed by atoms with Crippen LogP contribution in [0.3, 0.4) is 0 Å². The molecule has 1 aromatic heterocycles. The van der Waals surface area contributed by atoms with Gasteiger partial charge in [0.15, 0.2) is 0 Å². The number of likely N-dealkylation sites (tertiary alicyclic amines) is 2. The van der Waals surface area contributed by atoms with Crippen LogP contribution in [0, 0.1) is 18.3 Å². The molecule has 0 radical (unpaired) electrons. The number of alkyl halides is 1. The standard InChI is InChI=1S/C34H49FN6O4S/c1-21(24-6-8-25(9-7-24)29-22(2)37-20-46-29)38-31(44)27-14-26(42)16-41(27)32(45)30(33(3,4)5)39-28(43)17-40-18-34(35,19-40)15-23-10-12-36-13-11-23/h6-9,20-21,23,26-27,30,36,42H,10-19H2,1-5H3,(H,38,44)(H,39,43)/t21-,26+,27-,30+/m0/s1. The lowest BCUT2D eigenvalue weighted by Crippen LogP contribution is -2.63. The molecule has 12 heteroatoms. The zero-order valence-corrected chi connectivity index (χ0v) is 28.5. The van der Waals surface area contributed by atoms with Crippen molar-refractivity contribution in [1.82, 2.24) is 30.7 Å². The third-order valence-electron chi connectivity index (χ3n) is 9.55. The SMILES string of the molecule is Cc1ncsc1-c1ccc([C@H](C)NC(=O)[C@@H]2C[C@@H](O)CN2C(=O)[C@@H](NC(=O)CN2CC(F)(CC3CCNCC3)C2)C(C)(C)C)cc1. The number of hydrogen-bond acceptors (Lipinski definition) is 8. The first-order valence-corrected chi connectivity index (χ1v) is 17.3. The molecule has 46 heavy (non-hydrogen) atoms. The van der Waals surface area contributed by atoms with Gasteiger partial charge in [0.25, 0.3) is 0 Å². The van der Waals surface area contributed by atoms with Crippen LogP contribution in [-0.2, 0) is 14.4 Å². The number of piperidine rings is 1. The first kappa shape index (κ1) is 34.4. The fourth-order valence-corrected chi connectivity index (χ4v) is 7.84. The van der Waals surface area contributed by atoms with E-state index in [-0.39, 0.29) is 50.5 Å². The predicted molar refractivity (Wildman–Crippen MR) is 177 cm³/mol. The quantitative estimate of drug-likeness (QED) is 0.310. The lowest BCUT2D eigenvalue weighted by atomic mass is 9.81. The number of thiazole rings is 1. The van der Waals surface area contributed by atoms with Crippen LogP contribution in [0.5, 0.6) is 0 Å². The van der Waals surface area contributed by atoms with Crippen molar-refractivity contribution in [1.29, 1.82) is 0 Å². The second-order valence-corrected chi connectivity index (χ2v) is 15.4. The third kappa shape index (κ3) is 8.13. The predicted octanol–water partition coefficient (Wildman–Crippen LogP) is 3.20. The highest BCUT2D eigenvalue weighted by atomic mass is 32.1. The highest BCUT2D eigenvalue weighted by Gasteiger charge is 2.47. The van der Waals surface area contributed by atoms with Gasteiger partial charge < -0.3 is 26.0 Å². The Labute approximate surface area is 275 Å². The number of amides is 3. The molecule has 2 aromatic rings. The zero-order valence-electron chi connectivity index (χ0n) is 27.6. The number of hydrogen-bond donors (Lipinski definition) is 4. The van der Waals surface area contributed by atoms with Crippen LogP contribution in [0.4, 0.5) is 4.39 Å². The summed E-state index contributed by atoms with van der Waals surface area (Å²) >= 11 is 1.58. The van der Waals surface area contributed by atoms with Gasteiger partial charge in [0.05, 0.1) is 34.8 Å². The Hall–Kier alpha value is -2.93. The second kappa shape index (κ2) is 14.0. The van der Waals surface area contributed by atoms with Crippen LogP contribution in [0.1, 0.15) is 70.7 Å². The number of aryl methyl sites for hydroxylation is 1. The van der Waals surface area contributed by atoms with Crippen molar-refractivity contribution < 1.29 is 23.9 Å². The molecule has 4 N–H and O–H groups in total. The van der Waals surface area contributed by atoms with Gasteiger partial charge in [-0.3, -0.25) is 19.3 Å². The molecule has 4 heterocycles. The van der Waals surface area contributed by atoms with Crippen molar-refractivity contribution >= 4 is 29.1 Å². The second-order valence-electron chi connectivity index (χ2n) is 14.6. The molecule has 0 bridgehead atoms. The molecule has 3 aliphatic rings. The van der Waals surface area contributed by atoms with E-state index in [4.69, 9.17) is 0 Å². The number of β-amino-alcohol motifs (C(OH)–C–C–N with tert-alkyl or cyclic N) is 1. The average Bonchev–Trinajstić information content (AvgIpc) is 3.60. The summed E-state index contributed by atoms with van der Waals surface area (Å²) < 4.78 is 15.3. The van der Waals surface area contributed by atoms with Gasteiger partial charge in [-0.25, -0.2) is 9.37 Å². The molecular formula is C34H49FN6O4S. The normalized spacial score (nSPS) is 23.4. The lowest BCUT2D eigenvalue weighted by Gasteiger charge is -2.46. The number of nitrogens with one attached hydrogen (secondary N) is 3. The van der Waals surface area contributed by atoms with Gasteiger partial charge in [0.1, 0.15) is 17.8 Å². The van der Waals surface area contributed by atoms with Gasteiger partial charge in [0, 0.05) is 26.1 Å². The summed E-state index contributed by atoms with van der Waals surface area (Å²) in [6.45, 7) is 11.7. The van der Waals surface area contributed by atoms with Crippen molar-refractivity contribution in [2.45, 2.75) is 90.2 Å². The molecule has 4 atom stereocenters. The van der Waals surface area contributed by atoms with E-state index in [1.165, 1.54) is 4.90 Å². The number of rotatable bonds is 10. The maximum atomic E-state index is 15.3. The van der Waals surface area contributed by atoms with E-state index < -0.39 is 35.2 Å².